The number of amides is 1. The Kier molecular flexibility index (Phi) is 9.11. The van der Waals surface area contributed by atoms with Crippen LogP contribution in [0.2, 0.25) is 0 Å². The van der Waals surface area contributed by atoms with Crippen molar-refractivity contribution in [1.29, 1.82) is 0 Å². The van der Waals surface area contributed by atoms with Crippen LogP contribution in [-0.4, -0.2) is 67.0 Å². The van der Waals surface area contributed by atoms with E-state index in [-0.39, 0.29) is 36.8 Å². The van der Waals surface area contributed by atoms with Gasteiger partial charge in [0.2, 0.25) is 5.91 Å². The first-order valence-electron chi connectivity index (χ1n) is 11.6. The number of nitrogens with zero attached hydrogens (tertiary/aromatic N) is 2. The summed E-state index contributed by atoms with van der Waals surface area (Å²) in [4.78, 5) is 40.2. The maximum absolute atomic E-state index is 13.3. The Morgan fingerprint density at radius 3 is 2.49 bits per heavy atom. The van der Waals surface area contributed by atoms with Crippen molar-refractivity contribution in [2.24, 2.45) is 0 Å². The van der Waals surface area contributed by atoms with Crippen LogP contribution in [0.15, 0.2) is 23.0 Å². The normalized spacial score (nSPS) is 19.1. The van der Waals surface area contributed by atoms with Gasteiger partial charge in [-0.25, -0.2) is 4.79 Å². The Labute approximate surface area is 208 Å². The number of aromatic nitrogens is 1. The van der Waals surface area contributed by atoms with Gasteiger partial charge in [-0.05, 0) is 51.5 Å². The number of hydrogen-bond acceptors (Lipinski definition) is 8. The monoisotopic (exact) mass is 504 g/mol. The fourth-order valence-corrected chi connectivity index (χ4v) is 4.93. The van der Waals surface area contributed by atoms with Gasteiger partial charge in [0.1, 0.15) is 11.2 Å². The van der Waals surface area contributed by atoms with Gasteiger partial charge >= 0.3 is 5.97 Å². The predicted molar refractivity (Wildman–Crippen MR) is 133 cm³/mol. The number of rotatable bonds is 8. The van der Waals surface area contributed by atoms with Gasteiger partial charge in [-0.1, -0.05) is 6.07 Å². The molecule has 2 atom stereocenters. The lowest BCUT2D eigenvalue weighted by atomic mass is 10.2. The smallest absolute Gasteiger partial charge is 0.333 e. The zero-order valence-corrected chi connectivity index (χ0v) is 21.6. The van der Waals surface area contributed by atoms with Gasteiger partial charge in [0.15, 0.2) is 11.5 Å². The maximum atomic E-state index is 13.3. The molecule has 0 spiro atoms. The van der Waals surface area contributed by atoms with Crippen molar-refractivity contribution in [3.63, 3.8) is 0 Å². The Hall–Kier alpha value is -3.11. The Balaban J connectivity index is 2.02. The highest BCUT2D eigenvalue weighted by Crippen LogP contribution is 2.28. The predicted octanol–water partition coefficient (Wildman–Crippen LogP) is 1.13. The molecule has 1 saturated heterocycles. The summed E-state index contributed by atoms with van der Waals surface area (Å²) in [5, 5.41) is 0. The van der Waals surface area contributed by atoms with Gasteiger partial charge in [-0.15, -0.1) is 11.3 Å². The molecule has 1 aliphatic heterocycles. The average molecular weight is 505 g/mol. The van der Waals surface area contributed by atoms with Crippen molar-refractivity contribution in [3.05, 3.63) is 43.3 Å². The number of esters is 1. The molecule has 1 fully saturated rings. The Morgan fingerprint density at radius 2 is 1.86 bits per heavy atom. The highest BCUT2D eigenvalue weighted by Gasteiger charge is 2.26. The molecule has 2 unspecified atom stereocenters. The lowest BCUT2D eigenvalue weighted by molar-refractivity contribution is -0.144. The van der Waals surface area contributed by atoms with Crippen LogP contribution in [0, 0.1) is 0 Å². The molecule has 1 aromatic carbocycles. The van der Waals surface area contributed by atoms with Gasteiger partial charge in [0, 0.05) is 13.1 Å². The third kappa shape index (κ3) is 6.73. The number of methoxy groups -OCH3 is 1. The molecule has 0 N–H and O–H groups in total. The van der Waals surface area contributed by atoms with Gasteiger partial charge in [-0.2, -0.15) is 0 Å². The molecule has 190 valence electrons. The lowest BCUT2D eigenvalue weighted by Gasteiger charge is -2.35. The number of thiazole rings is 1. The summed E-state index contributed by atoms with van der Waals surface area (Å²) in [6.45, 7) is 8.82. The highest BCUT2D eigenvalue weighted by atomic mass is 32.1. The van der Waals surface area contributed by atoms with Gasteiger partial charge in [0.05, 0.1) is 43.1 Å². The summed E-state index contributed by atoms with van der Waals surface area (Å²) in [5.74, 6) is 0.366. The van der Waals surface area contributed by atoms with Crippen LogP contribution >= 0.6 is 11.3 Å². The summed E-state index contributed by atoms with van der Waals surface area (Å²) in [6, 6.07) is 5.36. The van der Waals surface area contributed by atoms with Crippen LogP contribution in [0.3, 0.4) is 0 Å². The fraction of sp³-hybridized carbons (Fsp3) is 0.480. The van der Waals surface area contributed by atoms with Gasteiger partial charge < -0.3 is 23.8 Å². The van der Waals surface area contributed by atoms with E-state index in [1.165, 1.54) is 10.6 Å². The fourth-order valence-electron chi connectivity index (χ4n) is 3.89. The standard InChI is InChI=1S/C25H32N2O7S/c1-6-32-19-9-8-18(10-20(19)31-5)11-21-25(30)27(23(35-21)12-24(29)33-7-2)15-22(28)26-13-16(3)34-17(4)14-26/h8-12,16-17H,6-7,13-15H2,1-5H3/b21-11+,23-12-. The molecule has 1 aromatic heterocycles. The average Bonchev–Trinajstić information content (AvgIpc) is 3.08. The zero-order chi connectivity index (χ0) is 25.5. The molecule has 0 aliphatic carbocycles. The van der Waals surface area contributed by atoms with E-state index in [0.717, 1.165) is 16.9 Å². The van der Waals surface area contributed by atoms with E-state index < -0.39 is 5.97 Å². The van der Waals surface area contributed by atoms with E-state index in [9.17, 15) is 14.4 Å². The zero-order valence-electron chi connectivity index (χ0n) is 20.7. The summed E-state index contributed by atoms with van der Waals surface area (Å²) in [6.07, 6.45) is 2.77. The molecule has 2 heterocycles. The van der Waals surface area contributed by atoms with E-state index in [0.29, 0.717) is 40.4 Å². The third-order valence-electron chi connectivity index (χ3n) is 5.32. The molecule has 2 aromatic rings. The summed E-state index contributed by atoms with van der Waals surface area (Å²) in [7, 11) is 1.55. The van der Waals surface area contributed by atoms with Gasteiger partial charge in [-0.3, -0.25) is 14.2 Å². The summed E-state index contributed by atoms with van der Waals surface area (Å²) >= 11 is 1.12. The molecule has 35 heavy (non-hydrogen) atoms. The quantitative estimate of drug-likeness (QED) is 0.497. The van der Waals surface area contributed by atoms with E-state index in [4.69, 9.17) is 18.9 Å². The minimum absolute atomic E-state index is 0.0917. The molecule has 10 heteroatoms. The van der Waals surface area contributed by atoms with E-state index in [1.807, 2.05) is 26.8 Å². The molecule has 1 amide bonds. The number of carbonyl (C=O) groups is 2. The molecular weight excluding hydrogens is 472 g/mol. The molecule has 3 rings (SSSR count). The number of hydrogen-bond donors (Lipinski definition) is 0. The third-order valence-corrected chi connectivity index (χ3v) is 6.38. The van der Waals surface area contributed by atoms with Crippen molar-refractivity contribution < 1.29 is 28.5 Å². The van der Waals surface area contributed by atoms with Crippen LogP contribution in [0.25, 0.3) is 12.2 Å². The molecule has 0 saturated carbocycles. The van der Waals surface area contributed by atoms with E-state index >= 15 is 0 Å². The second-order valence-electron chi connectivity index (χ2n) is 8.14. The summed E-state index contributed by atoms with van der Waals surface area (Å²) in [5.41, 5.74) is 0.363. The van der Waals surface area contributed by atoms with Crippen molar-refractivity contribution in [2.45, 2.75) is 46.4 Å². The minimum atomic E-state index is -0.571. The van der Waals surface area contributed by atoms with Crippen LogP contribution in [0.4, 0.5) is 0 Å². The molecule has 1 aliphatic rings. The van der Waals surface area contributed by atoms with Crippen LogP contribution in [0.5, 0.6) is 11.5 Å². The number of morpholine rings is 1. The Morgan fingerprint density at radius 1 is 1.14 bits per heavy atom. The number of ether oxygens (including phenoxy) is 4. The highest BCUT2D eigenvalue weighted by molar-refractivity contribution is 7.07. The van der Waals surface area contributed by atoms with Crippen molar-refractivity contribution in [1.82, 2.24) is 9.47 Å². The topological polar surface area (TPSA) is 96.3 Å². The van der Waals surface area contributed by atoms with Crippen molar-refractivity contribution in [3.8, 4) is 11.5 Å². The second-order valence-corrected chi connectivity index (χ2v) is 9.20. The Bertz CT molecular complexity index is 1220. The van der Waals surface area contributed by atoms with Crippen molar-refractivity contribution in [2.75, 3.05) is 33.4 Å². The molecule has 0 bridgehead atoms. The summed E-state index contributed by atoms with van der Waals surface area (Å²) < 4.78 is 23.7. The first-order chi connectivity index (χ1) is 16.7. The van der Waals surface area contributed by atoms with Crippen LogP contribution in [0.1, 0.15) is 33.3 Å². The largest absolute Gasteiger partial charge is 0.493 e. The minimum Gasteiger partial charge on any atom is -0.493 e. The number of carbonyl (C=O) groups excluding carboxylic acids is 2. The van der Waals surface area contributed by atoms with Crippen molar-refractivity contribution >= 4 is 35.4 Å². The number of benzene rings is 1. The first-order valence-corrected chi connectivity index (χ1v) is 12.4. The van der Waals surface area contributed by atoms with Gasteiger partial charge in [0.25, 0.3) is 5.56 Å². The first kappa shape index (κ1) is 26.5. The van der Waals surface area contributed by atoms with E-state index in [1.54, 1.807) is 37.1 Å². The van der Waals surface area contributed by atoms with Crippen LogP contribution < -0.4 is 24.2 Å². The van der Waals surface area contributed by atoms with E-state index in [2.05, 4.69) is 0 Å². The lowest BCUT2D eigenvalue weighted by Crippen LogP contribution is -2.50. The molecular formula is C25H32N2O7S. The van der Waals surface area contributed by atoms with Crippen LogP contribution in [-0.2, 0) is 25.6 Å². The molecule has 0 radical (unpaired) electrons. The SMILES string of the molecule is CCOC(=O)/C=c1\s/c(=C/c2ccc(OCC)c(OC)c2)c(=O)n1CC(=O)N1CC(C)OC(C)C1. The molecule has 9 nitrogen and oxygen atoms in total. The second kappa shape index (κ2) is 12.0. The maximum Gasteiger partial charge on any atom is 0.333 e.